The zero-order valence-electron chi connectivity index (χ0n) is 13.6. The van der Waals surface area contributed by atoms with E-state index < -0.39 is 0 Å². The van der Waals surface area contributed by atoms with Gasteiger partial charge < -0.3 is 0 Å². The van der Waals surface area contributed by atoms with Crippen molar-refractivity contribution in [2.24, 2.45) is 0 Å². The SMILES string of the molecule is Cc1cc(Cl)cc2sc(NC(=O)c3ccc(SC(C)C)cc3)nc12. The number of nitrogens with zero attached hydrogens (tertiary/aromatic N) is 1. The van der Waals surface area contributed by atoms with Gasteiger partial charge in [-0.1, -0.05) is 36.8 Å². The maximum atomic E-state index is 12.4. The van der Waals surface area contributed by atoms with E-state index in [9.17, 15) is 4.79 Å². The van der Waals surface area contributed by atoms with Gasteiger partial charge in [0.25, 0.3) is 5.91 Å². The summed E-state index contributed by atoms with van der Waals surface area (Å²) in [5.74, 6) is -0.154. The second-order valence-electron chi connectivity index (χ2n) is 5.73. The number of aromatic nitrogens is 1. The number of carbonyl (C=O) groups is 1. The Hall–Kier alpha value is -1.56. The summed E-state index contributed by atoms with van der Waals surface area (Å²) in [4.78, 5) is 18.1. The Labute approximate surface area is 154 Å². The van der Waals surface area contributed by atoms with Crippen molar-refractivity contribution in [2.45, 2.75) is 30.9 Å². The summed E-state index contributed by atoms with van der Waals surface area (Å²) < 4.78 is 0.971. The number of hydrogen-bond acceptors (Lipinski definition) is 4. The fourth-order valence-corrected chi connectivity index (χ4v) is 4.49. The molecule has 1 amide bonds. The number of benzene rings is 2. The number of halogens is 1. The molecule has 3 rings (SSSR count). The molecule has 0 aliphatic rings. The first-order chi connectivity index (χ1) is 11.4. The smallest absolute Gasteiger partial charge is 0.257 e. The van der Waals surface area contributed by atoms with Crippen LogP contribution in [0.25, 0.3) is 10.2 Å². The third-order valence-electron chi connectivity index (χ3n) is 3.36. The molecular weight excluding hydrogens is 360 g/mol. The molecule has 0 fully saturated rings. The predicted octanol–water partition coefficient (Wildman–Crippen LogP) is 6.01. The number of thiazole rings is 1. The van der Waals surface area contributed by atoms with E-state index in [1.807, 2.05) is 43.3 Å². The number of fused-ring (bicyclic) bond motifs is 1. The fourth-order valence-electron chi connectivity index (χ4n) is 2.33. The van der Waals surface area contributed by atoms with Gasteiger partial charge in [0.05, 0.1) is 10.2 Å². The molecule has 1 N–H and O–H groups in total. The van der Waals surface area contributed by atoms with Crippen LogP contribution in [0.15, 0.2) is 41.3 Å². The van der Waals surface area contributed by atoms with Crippen molar-refractivity contribution in [1.82, 2.24) is 4.98 Å². The van der Waals surface area contributed by atoms with Crippen LogP contribution in [0, 0.1) is 6.92 Å². The van der Waals surface area contributed by atoms with Gasteiger partial charge in [-0.2, -0.15) is 0 Å². The maximum Gasteiger partial charge on any atom is 0.257 e. The van der Waals surface area contributed by atoms with Crippen LogP contribution in [-0.4, -0.2) is 16.1 Å². The lowest BCUT2D eigenvalue weighted by molar-refractivity contribution is 0.102. The van der Waals surface area contributed by atoms with Gasteiger partial charge in [0, 0.05) is 20.7 Å². The van der Waals surface area contributed by atoms with Crippen LogP contribution in [-0.2, 0) is 0 Å². The molecule has 0 aliphatic carbocycles. The summed E-state index contributed by atoms with van der Waals surface area (Å²) in [7, 11) is 0. The van der Waals surface area contributed by atoms with E-state index in [1.54, 1.807) is 11.8 Å². The molecule has 0 atom stereocenters. The van der Waals surface area contributed by atoms with Crippen LogP contribution in [0.4, 0.5) is 5.13 Å². The lowest BCUT2D eigenvalue weighted by atomic mass is 10.2. The second-order valence-corrected chi connectivity index (χ2v) is 8.85. The standard InChI is InChI=1S/C18H17ClN2OS2/c1-10(2)23-14-6-4-12(5-7-14)17(22)21-18-20-16-11(3)8-13(19)9-15(16)24-18/h4-10H,1-3H3,(H,20,21,22). The molecule has 6 heteroatoms. The molecule has 1 aromatic heterocycles. The number of amides is 1. The third kappa shape index (κ3) is 3.91. The molecule has 124 valence electrons. The topological polar surface area (TPSA) is 42.0 Å². The van der Waals surface area contributed by atoms with Crippen molar-refractivity contribution < 1.29 is 4.79 Å². The monoisotopic (exact) mass is 376 g/mol. The summed E-state index contributed by atoms with van der Waals surface area (Å²) >= 11 is 9.28. The molecule has 0 saturated carbocycles. The van der Waals surface area contributed by atoms with Crippen LogP contribution in [0.2, 0.25) is 5.02 Å². The van der Waals surface area contributed by atoms with Crippen LogP contribution in [0.5, 0.6) is 0 Å². The lowest BCUT2D eigenvalue weighted by Crippen LogP contribution is -2.11. The summed E-state index contributed by atoms with van der Waals surface area (Å²) in [6.45, 7) is 6.25. The van der Waals surface area contributed by atoms with Crippen LogP contribution < -0.4 is 5.32 Å². The molecule has 2 aromatic carbocycles. The Bertz CT molecular complexity index is 888. The first-order valence-electron chi connectivity index (χ1n) is 7.57. The number of thioether (sulfide) groups is 1. The Morgan fingerprint density at radius 3 is 2.62 bits per heavy atom. The Morgan fingerprint density at radius 2 is 1.96 bits per heavy atom. The first-order valence-corrected chi connectivity index (χ1v) is 9.64. The number of nitrogens with one attached hydrogen (secondary N) is 1. The minimum atomic E-state index is -0.154. The van der Waals surface area contributed by atoms with E-state index in [0.29, 0.717) is 21.0 Å². The van der Waals surface area contributed by atoms with E-state index in [2.05, 4.69) is 24.1 Å². The van der Waals surface area contributed by atoms with E-state index in [4.69, 9.17) is 11.6 Å². The summed E-state index contributed by atoms with van der Waals surface area (Å²) in [6, 6.07) is 11.4. The van der Waals surface area contributed by atoms with E-state index in [1.165, 1.54) is 11.3 Å². The van der Waals surface area contributed by atoms with Gasteiger partial charge in [0.1, 0.15) is 0 Å². The summed E-state index contributed by atoms with van der Waals surface area (Å²) in [5, 5.41) is 4.65. The zero-order valence-corrected chi connectivity index (χ0v) is 16.0. The Balaban J connectivity index is 1.78. The van der Waals surface area contributed by atoms with Gasteiger partial charge in [-0.25, -0.2) is 4.98 Å². The highest BCUT2D eigenvalue weighted by atomic mass is 35.5. The number of carbonyl (C=O) groups excluding carboxylic acids is 1. The largest absolute Gasteiger partial charge is 0.298 e. The first kappa shape index (κ1) is 17.3. The molecule has 0 aliphatic heterocycles. The van der Waals surface area contributed by atoms with Crippen LogP contribution in [0.1, 0.15) is 29.8 Å². The average molecular weight is 377 g/mol. The molecule has 0 spiro atoms. The molecule has 1 heterocycles. The van der Waals surface area contributed by atoms with Gasteiger partial charge >= 0.3 is 0 Å². The third-order valence-corrected chi connectivity index (χ3v) is 5.51. The maximum absolute atomic E-state index is 12.4. The second kappa shape index (κ2) is 7.13. The quantitative estimate of drug-likeness (QED) is 0.567. The van der Waals surface area contributed by atoms with E-state index >= 15 is 0 Å². The number of anilines is 1. The molecule has 0 bridgehead atoms. The van der Waals surface area contributed by atoms with Crippen molar-refractivity contribution in [3.05, 3.63) is 52.5 Å². The van der Waals surface area contributed by atoms with E-state index in [-0.39, 0.29) is 5.91 Å². The van der Waals surface area contributed by atoms with Crippen LogP contribution in [0.3, 0.4) is 0 Å². The molecular formula is C18H17ClN2OS2. The molecule has 0 unspecified atom stereocenters. The predicted molar refractivity (Wildman–Crippen MR) is 105 cm³/mol. The van der Waals surface area contributed by atoms with Gasteiger partial charge in [-0.05, 0) is 48.9 Å². The highest BCUT2D eigenvalue weighted by Gasteiger charge is 2.12. The minimum absolute atomic E-state index is 0.154. The molecule has 0 saturated heterocycles. The normalized spacial score (nSPS) is 11.2. The van der Waals surface area contributed by atoms with Crippen molar-refractivity contribution in [2.75, 3.05) is 5.32 Å². The van der Waals surface area contributed by atoms with Crippen molar-refractivity contribution in [3.8, 4) is 0 Å². The lowest BCUT2D eigenvalue weighted by Gasteiger charge is -2.06. The number of rotatable bonds is 4. The van der Waals surface area contributed by atoms with Gasteiger partial charge in [-0.15, -0.1) is 11.8 Å². The van der Waals surface area contributed by atoms with Gasteiger partial charge in [0.2, 0.25) is 0 Å². The Morgan fingerprint density at radius 1 is 1.25 bits per heavy atom. The van der Waals surface area contributed by atoms with Gasteiger partial charge in [-0.3, -0.25) is 10.1 Å². The molecule has 24 heavy (non-hydrogen) atoms. The van der Waals surface area contributed by atoms with Gasteiger partial charge in [0.15, 0.2) is 5.13 Å². The number of hydrogen-bond donors (Lipinski definition) is 1. The highest BCUT2D eigenvalue weighted by Crippen LogP contribution is 2.31. The molecule has 0 radical (unpaired) electrons. The molecule has 3 aromatic rings. The minimum Gasteiger partial charge on any atom is -0.298 e. The highest BCUT2D eigenvalue weighted by molar-refractivity contribution is 7.99. The fraction of sp³-hybridized carbons (Fsp3) is 0.222. The number of aryl methyl sites for hydroxylation is 1. The van der Waals surface area contributed by atoms with E-state index in [0.717, 1.165) is 20.7 Å². The average Bonchev–Trinajstić information content (AvgIpc) is 2.90. The van der Waals surface area contributed by atoms with Crippen molar-refractivity contribution in [1.29, 1.82) is 0 Å². The summed E-state index contributed by atoms with van der Waals surface area (Å²) in [5.41, 5.74) is 2.50. The van der Waals surface area contributed by atoms with Crippen molar-refractivity contribution >= 4 is 56.0 Å². The zero-order chi connectivity index (χ0) is 17.3. The molecule has 3 nitrogen and oxygen atoms in total. The Kier molecular flexibility index (Phi) is 5.13. The summed E-state index contributed by atoms with van der Waals surface area (Å²) in [6.07, 6.45) is 0. The van der Waals surface area contributed by atoms with Crippen LogP contribution >= 0.6 is 34.7 Å². The van der Waals surface area contributed by atoms with Crippen molar-refractivity contribution in [3.63, 3.8) is 0 Å².